The first kappa shape index (κ1) is 4.85. The van der Waals surface area contributed by atoms with Crippen LogP contribution in [-0.2, 0) is 0 Å². The van der Waals surface area contributed by atoms with E-state index in [4.69, 9.17) is 11.6 Å². The van der Waals surface area contributed by atoms with E-state index >= 15 is 0 Å². The zero-order chi connectivity index (χ0) is 5.28. The van der Waals surface area contributed by atoms with Crippen molar-refractivity contribution in [2.75, 3.05) is 0 Å². The molecule has 7 heavy (non-hydrogen) atoms. The van der Waals surface area contributed by atoms with Crippen molar-refractivity contribution in [2.24, 2.45) is 5.92 Å². The first-order valence-electron chi connectivity index (χ1n) is 1.98. The van der Waals surface area contributed by atoms with E-state index in [1.54, 1.807) is 12.2 Å². The second kappa shape index (κ2) is 1.66. The van der Waals surface area contributed by atoms with Crippen molar-refractivity contribution in [3.63, 3.8) is 0 Å². The summed E-state index contributed by atoms with van der Waals surface area (Å²) in [5.74, 6) is -0.334. The smallest absolute Gasteiger partial charge is 0.122 e. The Bertz CT molecular complexity index is 120. The molecule has 2 heteroatoms. The summed E-state index contributed by atoms with van der Waals surface area (Å²) in [7, 11) is 0. The quantitative estimate of drug-likeness (QED) is 0.463. The third kappa shape index (κ3) is 1.03. The summed E-state index contributed by atoms with van der Waals surface area (Å²) < 4.78 is 12.0. The maximum Gasteiger partial charge on any atom is 0.122 e. The lowest BCUT2D eigenvalue weighted by atomic mass is 10.4. The minimum absolute atomic E-state index is 0.0718. The molecule has 0 atom stereocenters. The van der Waals surface area contributed by atoms with Gasteiger partial charge < -0.3 is 0 Å². The fourth-order valence-electron chi connectivity index (χ4n) is 0.312. The molecule has 0 fully saturated rings. The number of hydrogen-bond donors (Lipinski definition) is 0. The first-order chi connectivity index (χ1) is 3.34. The lowest BCUT2D eigenvalue weighted by Gasteiger charge is -1.83. The van der Waals surface area contributed by atoms with Crippen molar-refractivity contribution in [2.45, 2.75) is 0 Å². The Hall–Kier alpha value is -0.300. The van der Waals surface area contributed by atoms with Crippen molar-refractivity contribution in [3.8, 4) is 0 Å². The molecular formula is C5H4ClF. The highest BCUT2D eigenvalue weighted by atomic mass is 35.5. The molecule has 0 bridgehead atoms. The standard InChI is InChI=1S/C5H4ClF/c6-3-5(7)4-1-2-4/h1-4H/b5-3+. The monoisotopic (exact) mass is 118 g/mol. The fourth-order valence-corrected chi connectivity index (χ4v) is 0.458. The van der Waals surface area contributed by atoms with E-state index in [0.29, 0.717) is 0 Å². The molecule has 0 saturated carbocycles. The highest BCUT2D eigenvalue weighted by Crippen LogP contribution is 2.26. The number of rotatable bonds is 1. The van der Waals surface area contributed by atoms with E-state index in [0.717, 1.165) is 5.54 Å². The van der Waals surface area contributed by atoms with E-state index in [-0.39, 0.29) is 11.7 Å². The van der Waals surface area contributed by atoms with Crippen LogP contribution in [0.3, 0.4) is 0 Å². The highest BCUT2D eigenvalue weighted by Gasteiger charge is 2.15. The van der Waals surface area contributed by atoms with Gasteiger partial charge in [0.1, 0.15) is 5.83 Å². The molecule has 38 valence electrons. The zero-order valence-corrected chi connectivity index (χ0v) is 4.32. The molecule has 0 saturated heterocycles. The lowest BCUT2D eigenvalue weighted by Crippen LogP contribution is -1.72. The number of halogens is 2. The Balaban J connectivity index is 2.40. The Labute approximate surface area is 46.3 Å². The van der Waals surface area contributed by atoms with Crippen molar-refractivity contribution in [1.29, 1.82) is 0 Å². The Kier molecular flexibility index (Phi) is 1.15. The van der Waals surface area contributed by atoms with E-state index in [1.165, 1.54) is 0 Å². The molecule has 0 N–H and O–H groups in total. The van der Waals surface area contributed by atoms with Gasteiger partial charge in [-0.2, -0.15) is 0 Å². The summed E-state index contributed by atoms with van der Waals surface area (Å²) in [4.78, 5) is 0. The van der Waals surface area contributed by atoms with Crippen LogP contribution in [0.5, 0.6) is 0 Å². The van der Waals surface area contributed by atoms with Gasteiger partial charge in [0.2, 0.25) is 0 Å². The van der Waals surface area contributed by atoms with E-state index in [1.807, 2.05) is 0 Å². The van der Waals surface area contributed by atoms with Crippen LogP contribution < -0.4 is 0 Å². The molecule has 0 radical (unpaired) electrons. The molecule has 0 aromatic heterocycles. The molecular weight excluding hydrogens is 115 g/mol. The van der Waals surface area contributed by atoms with Crippen molar-refractivity contribution >= 4 is 11.6 Å². The summed E-state index contributed by atoms with van der Waals surface area (Å²) in [6.45, 7) is 0. The van der Waals surface area contributed by atoms with Gasteiger partial charge in [0.25, 0.3) is 0 Å². The molecule has 0 amide bonds. The molecule has 0 heterocycles. The van der Waals surface area contributed by atoms with Crippen LogP contribution in [0.2, 0.25) is 0 Å². The van der Waals surface area contributed by atoms with E-state index < -0.39 is 0 Å². The molecule has 0 spiro atoms. The lowest BCUT2D eigenvalue weighted by molar-refractivity contribution is 0.597. The van der Waals surface area contributed by atoms with Crippen LogP contribution in [0.25, 0.3) is 0 Å². The van der Waals surface area contributed by atoms with Gasteiger partial charge in [-0.25, -0.2) is 4.39 Å². The molecule has 1 aliphatic carbocycles. The predicted molar refractivity (Wildman–Crippen MR) is 27.7 cm³/mol. The summed E-state index contributed by atoms with van der Waals surface area (Å²) in [6.07, 6.45) is 3.49. The second-order valence-electron chi connectivity index (χ2n) is 1.40. The van der Waals surface area contributed by atoms with Crippen LogP contribution in [0.4, 0.5) is 4.39 Å². The Morgan fingerprint density at radius 2 is 2.29 bits per heavy atom. The Morgan fingerprint density at radius 3 is 2.43 bits per heavy atom. The van der Waals surface area contributed by atoms with Crippen LogP contribution in [0.1, 0.15) is 0 Å². The van der Waals surface area contributed by atoms with Gasteiger partial charge in [-0.05, 0) is 0 Å². The van der Waals surface area contributed by atoms with Crippen LogP contribution >= 0.6 is 11.6 Å². The molecule has 0 nitrogen and oxygen atoms in total. The SMILES string of the molecule is F/C(=C/Cl)C1C=C1. The first-order valence-corrected chi connectivity index (χ1v) is 2.42. The maximum atomic E-state index is 12.0. The predicted octanol–water partition coefficient (Wildman–Crippen LogP) is 2.22. The Morgan fingerprint density at radius 1 is 1.71 bits per heavy atom. The van der Waals surface area contributed by atoms with Gasteiger partial charge in [0.15, 0.2) is 0 Å². The highest BCUT2D eigenvalue weighted by molar-refractivity contribution is 6.25. The zero-order valence-electron chi connectivity index (χ0n) is 3.57. The van der Waals surface area contributed by atoms with Crippen molar-refractivity contribution in [3.05, 3.63) is 23.5 Å². The molecule has 1 rings (SSSR count). The van der Waals surface area contributed by atoms with Gasteiger partial charge in [0.05, 0.1) is 0 Å². The summed E-state index contributed by atoms with van der Waals surface area (Å²) in [5.41, 5.74) is 0.963. The normalized spacial score (nSPS) is 20.6. The summed E-state index contributed by atoms with van der Waals surface area (Å²) >= 11 is 5.01. The van der Waals surface area contributed by atoms with Crippen molar-refractivity contribution in [1.82, 2.24) is 0 Å². The second-order valence-corrected chi connectivity index (χ2v) is 1.62. The van der Waals surface area contributed by atoms with E-state index in [9.17, 15) is 4.39 Å². The molecule has 0 aromatic carbocycles. The number of hydrogen-bond acceptors (Lipinski definition) is 0. The topological polar surface area (TPSA) is 0 Å². The maximum absolute atomic E-state index is 12.0. The third-order valence-corrected chi connectivity index (χ3v) is 1.02. The van der Waals surface area contributed by atoms with Gasteiger partial charge in [-0.1, -0.05) is 23.8 Å². The summed E-state index contributed by atoms with van der Waals surface area (Å²) in [5, 5.41) is 0. The minimum atomic E-state index is -0.262. The van der Waals surface area contributed by atoms with Crippen LogP contribution in [0.15, 0.2) is 23.5 Å². The third-order valence-electron chi connectivity index (χ3n) is 0.808. The minimum Gasteiger partial charge on any atom is -0.210 e. The van der Waals surface area contributed by atoms with E-state index in [2.05, 4.69) is 0 Å². The summed E-state index contributed by atoms with van der Waals surface area (Å²) in [6, 6.07) is 0. The molecule has 0 unspecified atom stereocenters. The molecule has 1 aliphatic rings. The van der Waals surface area contributed by atoms with Crippen LogP contribution in [-0.4, -0.2) is 0 Å². The fraction of sp³-hybridized carbons (Fsp3) is 0.200. The average molecular weight is 119 g/mol. The van der Waals surface area contributed by atoms with Gasteiger partial charge in [-0.15, -0.1) is 0 Å². The van der Waals surface area contributed by atoms with Crippen LogP contribution in [0, 0.1) is 5.92 Å². The molecule has 0 aromatic rings. The average Bonchev–Trinajstić information content (AvgIpc) is 2.44. The van der Waals surface area contributed by atoms with Gasteiger partial charge >= 0.3 is 0 Å². The van der Waals surface area contributed by atoms with Crippen molar-refractivity contribution < 1.29 is 4.39 Å². The van der Waals surface area contributed by atoms with Gasteiger partial charge in [-0.3, -0.25) is 0 Å². The van der Waals surface area contributed by atoms with Gasteiger partial charge in [0, 0.05) is 11.5 Å². The largest absolute Gasteiger partial charge is 0.210 e. The number of allylic oxidation sites excluding steroid dienone is 3. The molecule has 0 aliphatic heterocycles.